The lowest BCUT2D eigenvalue weighted by Gasteiger charge is -2.10. The van der Waals surface area contributed by atoms with Gasteiger partial charge in [0.2, 0.25) is 0 Å². The van der Waals surface area contributed by atoms with Crippen molar-refractivity contribution in [2.75, 3.05) is 19.0 Å². The number of fused-ring (bicyclic) bond motifs is 1. The molecule has 0 atom stereocenters. The third-order valence-electron chi connectivity index (χ3n) is 4.36. The number of rotatable bonds is 3. The molecule has 4 rings (SSSR count). The van der Waals surface area contributed by atoms with Crippen LogP contribution >= 0.6 is 0 Å². The zero-order chi connectivity index (χ0) is 15.8. The molecule has 1 N–H and O–H groups in total. The quantitative estimate of drug-likeness (QED) is 0.799. The maximum Gasteiger partial charge on any atom is 0.144 e. The molecule has 116 valence electrons. The molecular weight excluding hydrogens is 286 g/mol. The molecular formula is C19H19N3O. The maximum absolute atomic E-state index is 5.51. The van der Waals surface area contributed by atoms with Crippen molar-refractivity contribution < 1.29 is 4.74 Å². The van der Waals surface area contributed by atoms with Gasteiger partial charge in [-0.1, -0.05) is 36.4 Å². The number of hydrogen-bond donors (Lipinski definition) is 1. The SMILES string of the molecule is COc1ccccc1-n1nc(-c2ccccc2C)c2c1NCC2. The fourth-order valence-electron chi connectivity index (χ4n) is 3.21. The average Bonchev–Trinajstić information content (AvgIpc) is 3.18. The lowest BCUT2D eigenvalue weighted by Crippen LogP contribution is -2.05. The molecule has 0 aliphatic carbocycles. The van der Waals surface area contributed by atoms with Crippen LogP contribution in [0.4, 0.5) is 5.82 Å². The minimum absolute atomic E-state index is 0.822. The maximum atomic E-state index is 5.51. The highest BCUT2D eigenvalue weighted by Crippen LogP contribution is 2.37. The van der Waals surface area contributed by atoms with Gasteiger partial charge in [-0.2, -0.15) is 5.10 Å². The smallest absolute Gasteiger partial charge is 0.144 e. The Morgan fingerprint density at radius 2 is 1.87 bits per heavy atom. The van der Waals surface area contributed by atoms with E-state index in [9.17, 15) is 0 Å². The molecule has 0 radical (unpaired) electrons. The molecule has 4 heteroatoms. The van der Waals surface area contributed by atoms with Crippen molar-refractivity contribution in [3.63, 3.8) is 0 Å². The molecule has 3 aromatic rings. The molecule has 2 heterocycles. The van der Waals surface area contributed by atoms with Crippen LogP contribution in [0.2, 0.25) is 0 Å². The van der Waals surface area contributed by atoms with Gasteiger partial charge in [0.25, 0.3) is 0 Å². The number of hydrogen-bond acceptors (Lipinski definition) is 3. The molecule has 2 aromatic carbocycles. The summed E-state index contributed by atoms with van der Waals surface area (Å²) in [4.78, 5) is 0. The molecule has 1 aliphatic heterocycles. The van der Waals surface area contributed by atoms with Crippen LogP contribution < -0.4 is 10.1 Å². The summed E-state index contributed by atoms with van der Waals surface area (Å²) in [5.74, 6) is 1.90. The van der Waals surface area contributed by atoms with Gasteiger partial charge in [-0.25, -0.2) is 4.68 Å². The molecule has 0 fully saturated rings. The lowest BCUT2D eigenvalue weighted by atomic mass is 10.0. The summed E-state index contributed by atoms with van der Waals surface area (Å²) in [6.07, 6.45) is 0.994. The molecule has 0 saturated heterocycles. The van der Waals surface area contributed by atoms with Crippen LogP contribution in [0.15, 0.2) is 48.5 Å². The number of anilines is 1. The lowest BCUT2D eigenvalue weighted by molar-refractivity contribution is 0.412. The van der Waals surface area contributed by atoms with Gasteiger partial charge in [0.05, 0.1) is 12.8 Å². The van der Waals surface area contributed by atoms with E-state index in [4.69, 9.17) is 9.84 Å². The standard InChI is InChI=1S/C19H19N3O/c1-13-7-3-4-8-14(13)18-15-11-12-20-19(15)22(21-18)16-9-5-6-10-17(16)23-2/h3-10,20H,11-12H2,1-2H3. The fraction of sp³-hybridized carbons (Fsp3) is 0.211. The van der Waals surface area contributed by atoms with E-state index in [0.717, 1.165) is 35.9 Å². The van der Waals surface area contributed by atoms with E-state index < -0.39 is 0 Å². The molecule has 0 spiro atoms. The average molecular weight is 305 g/mol. The van der Waals surface area contributed by atoms with Crippen molar-refractivity contribution in [1.82, 2.24) is 9.78 Å². The Bertz CT molecular complexity index is 867. The number of aromatic nitrogens is 2. The summed E-state index contributed by atoms with van der Waals surface area (Å²) in [5.41, 5.74) is 5.74. The van der Waals surface area contributed by atoms with Crippen molar-refractivity contribution >= 4 is 5.82 Å². The van der Waals surface area contributed by atoms with E-state index in [1.807, 2.05) is 28.9 Å². The van der Waals surface area contributed by atoms with E-state index in [1.54, 1.807) is 7.11 Å². The number of benzene rings is 2. The summed E-state index contributed by atoms with van der Waals surface area (Å²) >= 11 is 0. The summed E-state index contributed by atoms with van der Waals surface area (Å²) in [6, 6.07) is 16.4. The van der Waals surface area contributed by atoms with Crippen molar-refractivity contribution in [3.05, 3.63) is 59.7 Å². The predicted molar refractivity (Wildman–Crippen MR) is 92.5 cm³/mol. The highest BCUT2D eigenvalue weighted by molar-refractivity contribution is 5.75. The van der Waals surface area contributed by atoms with E-state index >= 15 is 0 Å². The van der Waals surface area contributed by atoms with Gasteiger partial charge in [0, 0.05) is 17.7 Å². The zero-order valence-electron chi connectivity index (χ0n) is 13.3. The first-order valence-electron chi connectivity index (χ1n) is 7.85. The van der Waals surface area contributed by atoms with Gasteiger partial charge in [0.15, 0.2) is 0 Å². The number of para-hydroxylation sites is 2. The van der Waals surface area contributed by atoms with Gasteiger partial charge in [-0.15, -0.1) is 0 Å². The normalized spacial score (nSPS) is 12.8. The van der Waals surface area contributed by atoms with E-state index in [0.29, 0.717) is 0 Å². The largest absolute Gasteiger partial charge is 0.494 e. The van der Waals surface area contributed by atoms with Crippen LogP contribution in [0.5, 0.6) is 5.75 Å². The van der Waals surface area contributed by atoms with E-state index in [-0.39, 0.29) is 0 Å². The summed E-state index contributed by atoms with van der Waals surface area (Å²) < 4.78 is 7.48. The first kappa shape index (κ1) is 13.9. The topological polar surface area (TPSA) is 39.1 Å². The Morgan fingerprint density at radius 3 is 2.70 bits per heavy atom. The molecule has 0 bridgehead atoms. The predicted octanol–water partition coefficient (Wildman–Crippen LogP) is 3.82. The third-order valence-corrected chi connectivity index (χ3v) is 4.36. The molecule has 0 amide bonds. The van der Waals surface area contributed by atoms with Gasteiger partial charge in [-0.3, -0.25) is 0 Å². The Morgan fingerprint density at radius 1 is 1.09 bits per heavy atom. The second-order valence-electron chi connectivity index (χ2n) is 5.75. The third kappa shape index (κ3) is 2.18. The molecule has 1 aromatic heterocycles. The van der Waals surface area contributed by atoms with E-state index in [1.165, 1.54) is 16.7 Å². The molecule has 4 nitrogen and oxygen atoms in total. The van der Waals surface area contributed by atoms with Crippen LogP contribution in [0.1, 0.15) is 11.1 Å². The fourth-order valence-corrected chi connectivity index (χ4v) is 3.21. The van der Waals surface area contributed by atoms with Gasteiger partial charge < -0.3 is 10.1 Å². The number of methoxy groups -OCH3 is 1. The number of aryl methyl sites for hydroxylation is 1. The highest BCUT2D eigenvalue weighted by Gasteiger charge is 2.25. The Hall–Kier alpha value is -2.75. The second-order valence-corrected chi connectivity index (χ2v) is 5.75. The summed E-state index contributed by atoms with van der Waals surface area (Å²) in [5, 5.41) is 8.39. The van der Waals surface area contributed by atoms with Crippen molar-refractivity contribution in [2.45, 2.75) is 13.3 Å². The first-order chi connectivity index (χ1) is 11.3. The van der Waals surface area contributed by atoms with Gasteiger partial charge >= 0.3 is 0 Å². The summed E-state index contributed by atoms with van der Waals surface area (Å²) in [7, 11) is 1.69. The van der Waals surface area contributed by atoms with Gasteiger partial charge in [-0.05, 0) is 31.0 Å². The van der Waals surface area contributed by atoms with Crippen LogP contribution in [-0.4, -0.2) is 23.4 Å². The van der Waals surface area contributed by atoms with Gasteiger partial charge in [0.1, 0.15) is 17.3 Å². The summed E-state index contributed by atoms with van der Waals surface area (Å²) in [6.45, 7) is 3.08. The minimum Gasteiger partial charge on any atom is -0.494 e. The van der Waals surface area contributed by atoms with Crippen molar-refractivity contribution in [1.29, 1.82) is 0 Å². The monoisotopic (exact) mass is 305 g/mol. The molecule has 0 saturated carbocycles. The Balaban J connectivity index is 1.94. The number of nitrogens with zero attached hydrogens (tertiary/aromatic N) is 2. The van der Waals surface area contributed by atoms with Crippen molar-refractivity contribution in [3.8, 4) is 22.7 Å². The number of ether oxygens (including phenoxy) is 1. The zero-order valence-corrected chi connectivity index (χ0v) is 13.3. The highest BCUT2D eigenvalue weighted by atomic mass is 16.5. The van der Waals surface area contributed by atoms with Crippen LogP contribution in [0.3, 0.4) is 0 Å². The van der Waals surface area contributed by atoms with Crippen LogP contribution in [0.25, 0.3) is 16.9 Å². The molecule has 1 aliphatic rings. The molecule has 0 unspecified atom stereocenters. The second kappa shape index (κ2) is 5.47. The van der Waals surface area contributed by atoms with Crippen LogP contribution in [-0.2, 0) is 6.42 Å². The Labute approximate surface area is 135 Å². The minimum atomic E-state index is 0.822. The van der Waals surface area contributed by atoms with E-state index in [2.05, 4.69) is 36.5 Å². The first-order valence-corrected chi connectivity index (χ1v) is 7.85. The molecule has 23 heavy (non-hydrogen) atoms. The van der Waals surface area contributed by atoms with Crippen molar-refractivity contribution in [2.24, 2.45) is 0 Å². The number of nitrogens with one attached hydrogen (secondary N) is 1. The Kier molecular flexibility index (Phi) is 3.30. The van der Waals surface area contributed by atoms with Crippen LogP contribution in [0, 0.1) is 6.92 Å².